The minimum absolute atomic E-state index is 0.331. The minimum atomic E-state index is -4.66. The highest BCUT2D eigenvalue weighted by molar-refractivity contribution is 9.10. The van der Waals surface area contributed by atoms with Gasteiger partial charge in [-0.05, 0) is 22.0 Å². The summed E-state index contributed by atoms with van der Waals surface area (Å²) in [5.41, 5.74) is -1.09. The van der Waals surface area contributed by atoms with E-state index < -0.39 is 30.3 Å². The summed E-state index contributed by atoms with van der Waals surface area (Å²) in [6.07, 6.45) is -8.38. The van der Waals surface area contributed by atoms with E-state index >= 15 is 0 Å². The van der Waals surface area contributed by atoms with Gasteiger partial charge in [-0.1, -0.05) is 0 Å². The highest BCUT2D eigenvalue weighted by atomic mass is 79.9. The second-order valence-corrected chi connectivity index (χ2v) is 3.87. The number of anilines is 1. The Balaban J connectivity index is 2.90. The molecule has 0 saturated carbocycles. The van der Waals surface area contributed by atoms with Crippen molar-refractivity contribution in [3.8, 4) is 0 Å². The second kappa shape index (κ2) is 4.71. The van der Waals surface area contributed by atoms with E-state index in [0.717, 1.165) is 6.20 Å². The highest BCUT2D eigenvalue weighted by Gasteiger charge is 2.34. The molecule has 0 aliphatic heterocycles. The quantitative estimate of drug-likeness (QED) is 0.837. The van der Waals surface area contributed by atoms with Crippen molar-refractivity contribution in [2.24, 2.45) is 0 Å². The van der Waals surface area contributed by atoms with E-state index in [0.29, 0.717) is 6.07 Å². The van der Waals surface area contributed by atoms with Crippen molar-refractivity contribution in [1.29, 1.82) is 0 Å². The molecule has 0 aliphatic rings. The first-order valence-electron chi connectivity index (χ1n) is 4.13. The lowest BCUT2D eigenvalue weighted by Crippen LogP contribution is -2.22. The first-order chi connectivity index (χ1) is 7.59. The smallest absolute Gasteiger partial charge is 0.361 e. The Bertz CT molecular complexity index is 400. The predicted molar refractivity (Wildman–Crippen MR) is 51.5 cm³/mol. The Labute approximate surface area is 100 Å². The van der Waals surface area contributed by atoms with Crippen LogP contribution in [0.1, 0.15) is 5.56 Å². The van der Waals surface area contributed by atoms with Gasteiger partial charge in [0.05, 0.1) is 5.56 Å². The first kappa shape index (κ1) is 14.1. The van der Waals surface area contributed by atoms with Crippen molar-refractivity contribution in [1.82, 2.24) is 4.98 Å². The van der Waals surface area contributed by atoms with E-state index in [1.165, 1.54) is 0 Å². The molecule has 0 aromatic carbocycles. The predicted octanol–water partition coefficient (Wildman–Crippen LogP) is 3.84. The summed E-state index contributed by atoms with van der Waals surface area (Å²) in [5.74, 6) is -0.488. The number of hydrogen-bond acceptors (Lipinski definition) is 2. The van der Waals surface area contributed by atoms with Crippen LogP contribution in [-0.4, -0.2) is 17.7 Å². The fraction of sp³-hybridized carbons (Fsp3) is 0.375. The van der Waals surface area contributed by atoms with E-state index in [4.69, 9.17) is 0 Å². The van der Waals surface area contributed by atoms with Crippen LogP contribution in [0.4, 0.5) is 32.2 Å². The lowest BCUT2D eigenvalue weighted by molar-refractivity contribution is -0.138. The van der Waals surface area contributed by atoms with Crippen molar-refractivity contribution in [3.05, 3.63) is 22.3 Å². The van der Waals surface area contributed by atoms with Crippen LogP contribution >= 0.6 is 15.9 Å². The van der Waals surface area contributed by atoms with E-state index in [9.17, 15) is 26.3 Å². The molecule has 1 rings (SSSR count). The van der Waals surface area contributed by atoms with Gasteiger partial charge in [0, 0.05) is 10.7 Å². The van der Waals surface area contributed by atoms with Crippen molar-refractivity contribution >= 4 is 21.7 Å². The van der Waals surface area contributed by atoms with Crippen molar-refractivity contribution in [2.45, 2.75) is 12.4 Å². The fourth-order valence-corrected chi connectivity index (χ4v) is 1.39. The van der Waals surface area contributed by atoms with Gasteiger partial charge in [0.1, 0.15) is 12.4 Å². The third-order valence-electron chi connectivity index (χ3n) is 1.63. The molecule has 1 N–H and O–H groups in total. The average Bonchev–Trinajstić information content (AvgIpc) is 2.13. The fourth-order valence-electron chi connectivity index (χ4n) is 0.943. The minimum Gasteiger partial charge on any atom is -0.361 e. The number of aromatic nitrogens is 1. The summed E-state index contributed by atoms with van der Waals surface area (Å²) in [6.45, 7) is -1.45. The summed E-state index contributed by atoms with van der Waals surface area (Å²) in [7, 11) is 0. The van der Waals surface area contributed by atoms with Crippen LogP contribution < -0.4 is 5.32 Å². The lowest BCUT2D eigenvalue weighted by Gasteiger charge is -2.12. The van der Waals surface area contributed by atoms with Gasteiger partial charge in [-0.25, -0.2) is 4.98 Å². The molecular formula is C8H5BrF6N2. The van der Waals surface area contributed by atoms with Crippen LogP contribution in [0.2, 0.25) is 0 Å². The molecule has 1 aromatic rings. The maximum Gasteiger partial charge on any atom is 0.417 e. The maximum atomic E-state index is 12.4. The first-order valence-corrected chi connectivity index (χ1v) is 4.92. The molecule has 1 aromatic heterocycles. The molecule has 0 radical (unpaired) electrons. The van der Waals surface area contributed by atoms with Crippen LogP contribution in [-0.2, 0) is 6.18 Å². The van der Waals surface area contributed by atoms with Gasteiger partial charge in [-0.2, -0.15) is 26.3 Å². The van der Waals surface area contributed by atoms with Crippen LogP contribution in [0.25, 0.3) is 0 Å². The number of halogens is 7. The molecule has 0 unspecified atom stereocenters. The molecule has 2 nitrogen and oxygen atoms in total. The molecule has 9 heteroatoms. The van der Waals surface area contributed by atoms with Crippen molar-refractivity contribution < 1.29 is 26.3 Å². The molecule has 0 spiro atoms. The zero-order chi connectivity index (χ0) is 13.3. The van der Waals surface area contributed by atoms with E-state index in [1.54, 1.807) is 5.32 Å². The second-order valence-electron chi connectivity index (χ2n) is 3.02. The Kier molecular flexibility index (Phi) is 3.90. The van der Waals surface area contributed by atoms with Gasteiger partial charge in [0.15, 0.2) is 0 Å². The molecule has 0 saturated heterocycles. The zero-order valence-electron chi connectivity index (χ0n) is 7.95. The van der Waals surface area contributed by atoms with Crippen molar-refractivity contribution in [3.63, 3.8) is 0 Å². The van der Waals surface area contributed by atoms with Crippen LogP contribution in [0.15, 0.2) is 16.7 Å². The van der Waals surface area contributed by atoms with Crippen LogP contribution in [0.5, 0.6) is 0 Å². The molecular weight excluding hydrogens is 318 g/mol. The maximum absolute atomic E-state index is 12.4. The largest absolute Gasteiger partial charge is 0.417 e. The molecule has 0 fully saturated rings. The topological polar surface area (TPSA) is 24.9 Å². The van der Waals surface area contributed by atoms with Gasteiger partial charge in [-0.3, -0.25) is 0 Å². The number of hydrogen-bond donors (Lipinski definition) is 1. The standard InChI is InChI=1S/C8H5BrF6N2/c9-5-2-16-6(17-3-7(10,11)12)1-4(5)8(13,14)15/h1-2H,3H2,(H,16,17). The summed E-state index contributed by atoms with van der Waals surface area (Å²) in [5, 5.41) is 1.77. The van der Waals surface area contributed by atoms with Gasteiger partial charge < -0.3 is 5.32 Å². The third-order valence-corrected chi connectivity index (χ3v) is 2.26. The summed E-state index contributed by atoms with van der Waals surface area (Å²) in [4.78, 5) is 3.40. The van der Waals surface area contributed by atoms with Gasteiger partial charge in [-0.15, -0.1) is 0 Å². The number of rotatable bonds is 2. The Morgan fingerprint density at radius 1 is 1.18 bits per heavy atom. The summed E-state index contributed by atoms with van der Waals surface area (Å²) in [6, 6.07) is 0.510. The lowest BCUT2D eigenvalue weighted by atomic mass is 10.2. The molecule has 0 aliphatic carbocycles. The van der Waals surface area contributed by atoms with E-state index in [1.807, 2.05) is 0 Å². The summed E-state index contributed by atoms with van der Waals surface area (Å²) >= 11 is 2.62. The summed E-state index contributed by atoms with van der Waals surface area (Å²) < 4.78 is 72.4. The van der Waals surface area contributed by atoms with Gasteiger partial charge >= 0.3 is 12.4 Å². The number of pyridine rings is 1. The number of alkyl halides is 6. The molecule has 0 atom stereocenters. The Morgan fingerprint density at radius 2 is 1.76 bits per heavy atom. The van der Waals surface area contributed by atoms with E-state index in [-0.39, 0.29) is 4.47 Å². The molecule has 0 bridgehead atoms. The number of nitrogens with zero attached hydrogens (tertiary/aromatic N) is 1. The van der Waals surface area contributed by atoms with Crippen molar-refractivity contribution in [2.75, 3.05) is 11.9 Å². The van der Waals surface area contributed by atoms with Crippen LogP contribution in [0.3, 0.4) is 0 Å². The molecule has 1 heterocycles. The monoisotopic (exact) mass is 322 g/mol. The highest BCUT2D eigenvalue weighted by Crippen LogP contribution is 2.35. The van der Waals surface area contributed by atoms with Gasteiger partial charge in [0.25, 0.3) is 0 Å². The van der Waals surface area contributed by atoms with E-state index in [2.05, 4.69) is 20.9 Å². The third kappa shape index (κ3) is 4.41. The normalized spacial score (nSPS) is 12.6. The zero-order valence-corrected chi connectivity index (χ0v) is 9.54. The van der Waals surface area contributed by atoms with Gasteiger partial charge in [0.2, 0.25) is 0 Å². The molecule has 17 heavy (non-hydrogen) atoms. The molecule has 96 valence electrons. The Hall–Kier alpha value is -0.990. The SMILES string of the molecule is FC(F)(F)CNc1cc(C(F)(F)F)c(Br)cn1. The number of nitrogens with one attached hydrogen (secondary N) is 1. The van der Waals surface area contributed by atoms with Crippen LogP contribution in [0, 0.1) is 0 Å². The molecule has 0 amide bonds. The Morgan fingerprint density at radius 3 is 2.24 bits per heavy atom. The average molecular weight is 323 g/mol.